The van der Waals surface area contributed by atoms with Crippen LogP contribution in [0.2, 0.25) is 0 Å². The average Bonchev–Trinajstić information content (AvgIpc) is 3.85. The summed E-state index contributed by atoms with van der Waals surface area (Å²) in [5.41, 5.74) is 14.6. The Balaban J connectivity index is 1.26. The van der Waals surface area contributed by atoms with Crippen LogP contribution in [0.3, 0.4) is 0 Å². The molecule has 5 aromatic carbocycles. The maximum Gasteiger partial charge on any atom is 0.131 e. The average molecular weight is 768 g/mol. The number of benzene rings is 5. The molecule has 0 aliphatic heterocycles. The first-order valence-corrected chi connectivity index (χ1v) is 19.7. The molecule has 0 atom stereocenters. The largest absolute Gasteiger partial charge is 0.295 e. The molecule has 60 heavy (non-hydrogen) atoms. The van der Waals surface area contributed by atoms with Gasteiger partial charge in [0.1, 0.15) is 11.7 Å². The minimum Gasteiger partial charge on any atom is -0.295 e. The molecular formula is C53H33N7. The molecule has 0 saturated carbocycles. The van der Waals surface area contributed by atoms with Crippen molar-refractivity contribution >= 4 is 32.8 Å². The molecule has 0 bridgehead atoms. The van der Waals surface area contributed by atoms with Crippen LogP contribution in [0, 0.1) is 11.3 Å². The van der Waals surface area contributed by atoms with Crippen LogP contribution < -0.4 is 0 Å². The number of nitriles is 1. The van der Waals surface area contributed by atoms with E-state index < -0.39 is 0 Å². The lowest BCUT2D eigenvalue weighted by Gasteiger charge is -2.25. The second-order valence-corrected chi connectivity index (χ2v) is 14.6. The standard InChI is InChI=1S/C53H33N7/c54-30-44-47(36-12-8-26-55-31-36)50(38-14-10-28-57-33-38)49(51(39-15-11-29-58-34-39)48(44)37-13-9-27-56-32-37)35-22-24-41(25-23-35)60-46-21-7-5-19-43(46)52-42-18-4-6-20-45(42)59(53(52)60)40-16-2-1-3-17-40/h1-29,31-34H. The maximum atomic E-state index is 11.3. The normalized spacial score (nSPS) is 11.3. The molecule has 0 unspecified atom stereocenters. The van der Waals surface area contributed by atoms with Gasteiger partial charge < -0.3 is 0 Å². The monoisotopic (exact) mass is 767 g/mol. The van der Waals surface area contributed by atoms with E-state index in [-0.39, 0.29) is 0 Å². The third-order valence-corrected chi connectivity index (χ3v) is 11.3. The molecule has 0 radical (unpaired) electrons. The Morgan fingerprint density at radius 2 is 0.767 bits per heavy atom. The van der Waals surface area contributed by atoms with Gasteiger partial charge in [-0.25, -0.2) is 0 Å². The molecule has 0 aliphatic carbocycles. The van der Waals surface area contributed by atoms with Crippen molar-refractivity contribution in [3.8, 4) is 73.1 Å². The SMILES string of the molecule is N#Cc1c(-c2cccnc2)c(-c2cccnc2)c(-c2ccc(-n3c4ccccc4c4c5ccccc5n(-c5ccccc5)c43)cc2)c(-c2cccnc2)c1-c1cccnc1. The summed E-state index contributed by atoms with van der Waals surface area (Å²) in [6, 6.07) is 55.2. The van der Waals surface area contributed by atoms with Crippen LogP contribution in [-0.4, -0.2) is 29.1 Å². The van der Waals surface area contributed by atoms with Crippen LogP contribution in [0.25, 0.3) is 99.8 Å². The molecule has 11 aromatic rings. The van der Waals surface area contributed by atoms with E-state index in [9.17, 15) is 5.26 Å². The van der Waals surface area contributed by atoms with Crippen molar-refractivity contribution in [1.29, 1.82) is 5.26 Å². The van der Waals surface area contributed by atoms with E-state index in [2.05, 4.69) is 150 Å². The predicted molar refractivity (Wildman–Crippen MR) is 241 cm³/mol. The van der Waals surface area contributed by atoms with Gasteiger partial charge in [0, 0.05) is 122 Å². The van der Waals surface area contributed by atoms with Crippen molar-refractivity contribution in [2.24, 2.45) is 0 Å². The zero-order chi connectivity index (χ0) is 40.0. The highest BCUT2D eigenvalue weighted by molar-refractivity contribution is 6.22. The van der Waals surface area contributed by atoms with E-state index in [1.807, 2.05) is 61.2 Å². The molecule has 11 rings (SSSR count). The summed E-state index contributed by atoms with van der Waals surface area (Å²) in [6.07, 6.45) is 14.5. The second-order valence-electron chi connectivity index (χ2n) is 14.6. The van der Waals surface area contributed by atoms with Crippen molar-refractivity contribution in [1.82, 2.24) is 29.1 Å². The quantitative estimate of drug-likeness (QED) is 0.161. The van der Waals surface area contributed by atoms with Gasteiger partial charge >= 0.3 is 0 Å². The molecule has 6 heterocycles. The lowest BCUT2D eigenvalue weighted by Crippen LogP contribution is -2.03. The fourth-order valence-corrected chi connectivity index (χ4v) is 8.92. The fourth-order valence-electron chi connectivity index (χ4n) is 8.92. The van der Waals surface area contributed by atoms with Gasteiger partial charge in [-0.2, -0.15) is 5.26 Å². The highest BCUT2D eigenvalue weighted by Gasteiger charge is 2.29. The van der Waals surface area contributed by atoms with Crippen LogP contribution in [0.5, 0.6) is 0 Å². The smallest absolute Gasteiger partial charge is 0.131 e. The molecule has 0 spiro atoms. The molecule has 0 saturated heterocycles. The Bertz CT molecular complexity index is 3290. The third kappa shape index (κ3) is 5.51. The highest BCUT2D eigenvalue weighted by atomic mass is 15.1. The van der Waals surface area contributed by atoms with Gasteiger partial charge in [-0.3, -0.25) is 29.1 Å². The van der Waals surface area contributed by atoms with E-state index in [4.69, 9.17) is 0 Å². The molecule has 0 aliphatic rings. The molecule has 280 valence electrons. The lowest BCUT2D eigenvalue weighted by atomic mass is 9.76. The number of hydrogen-bond acceptors (Lipinski definition) is 5. The van der Waals surface area contributed by atoms with Crippen LogP contribution in [0.15, 0.2) is 201 Å². The zero-order valence-electron chi connectivity index (χ0n) is 32.2. The summed E-state index contributed by atoms with van der Waals surface area (Å²) >= 11 is 0. The van der Waals surface area contributed by atoms with Crippen molar-refractivity contribution in [2.45, 2.75) is 0 Å². The summed E-state index contributed by atoms with van der Waals surface area (Å²) in [4.78, 5) is 18.3. The van der Waals surface area contributed by atoms with Crippen molar-refractivity contribution in [3.05, 3.63) is 207 Å². The van der Waals surface area contributed by atoms with Gasteiger partial charge in [0.2, 0.25) is 0 Å². The van der Waals surface area contributed by atoms with Crippen LogP contribution in [0.1, 0.15) is 5.56 Å². The van der Waals surface area contributed by atoms with Gasteiger partial charge in [-0.05, 0) is 71.8 Å². The third-order valence-electron chi connectivity index (χ3n) is 11.3. The summed E-state index contributed by atoms with van der Waals surface area (Å²) in [6.45, 7) is 0. The number of para-hydroxylation sites is 3. The first kappa shape index (κ1) is 34.8. The maximum absolute atomic E-state index is 11.3. The molecular weight excluding hydrogens is 735 g/mol. The van der Waals surface area contributed by atoms with Gasteiger partial charge in [-0.15, -0.1) is 0 Å². The van der Waals surface area contributed by atoms with E-state index in [0.29, 0.717) is 5.56 Å². The van der Waals surface area contributed by atoms with Gasteiger partial charge in [0.05, 0.1) is 16.6 Å². The minimum absolute atomic E-state index is 0.518. The Hall–Kier alpha value is -8.47. The topological polar surface area (TPSA) is 85.2 Å². The van der Waals surface area contributed by atoms with Crippen molar-refractivity contribution in [2.75, 3.05) is 0 Å². The summed E-state index contributed by atoms with van der Waals surface area (Å²) < 4.78 is 4.76. The van der Waals surface area contributed by atoms with E-state index in [1.54, 1.807) is 24.8 Å². The summed E-state index contributed by atoms with van der Waals surface area (Å²) in [5.74, 6) is 0. The summed E-state index contributed by atoms with van der Waals surface area (Å²) in [5, 5.41) is 14.9. The number of rotatable bonds is 7. The molecule has 7 nitrogen and oxygen atoms in total. The van der Waals surface area contributed by atoms with Gasteiger partial charge in [0.25, 0.3) is 0 Å². The minimum atomic E-state index is 0.518. The van der Waals surface area contributed by atoms with E-state index >= 15 is 0 Å². The van der Waals surface area contributed by atoms with E-state index in [0.717, 1.165) is 83.7 Å². The Morgan fingerprint density at radius 3 is 1.20 bits per heavy atom. The summed E-state index contributed by atoms with van der Waals surface area (Å²) in [7, 11) is 0. The highest BCUT2D eigenvalue weighted by Crippen LogP contribution is 2.52. The molecule has 0 fully saturated rings. The zero-order valence-corrected chi connectivity index (χ0v) is 32.2. The van der Waals surface area contributed by atoms with Crippen LogP contribution in [0.4, 0.5) is 0 Å². The van der Waals surface area contributed by atoms with Crippen molar-refractivity contribution in [3.63, 3.8) is 0 Å². The molecule has 7 heteroatoms. The Morgan fingerprint density at radius 1 is 0.367 bits per heavy atom. The first-order chi connectivity index (χ1) is 29.8. The van der Waals surface area contributed by atoms with Gasteiger partial charge in [-0.1, -0.05) is 91.0 Å². The van der Waals surface area contributed by atoms with E-state index in [1.165, 1.54) is 16.2 Å². The number of aromatic nitrogens is 6. The van der Waals surface area contributed by atoms with Crippen molar-refractivity contribution < 1.29 is 0 Å². The number of nitrogens with zero attached hydrogens (tertiary/aromatic N) is 7. The molecule has 6 aromatic heterocycles. The molecule has 0 amide bonds. The lowest BCUT2D eigenvalue weighted by molar-refractivity contribution is 1.07. The van der Waals surface area contributed by atoms with Gasteiger partial charge in [0.15, 0.2) is 0 Å². The first-order valence-electron chi connectivity index (χ1n) is 19.7. The fraction of sp³-hybridized carbons (Fsp3) is 0. The second kappa shape index (κ2) is 14.5. The number of pyridine rings is 4. The predicted octanol–water partition coefficient (Wildman–Crippen LogP) is 12.5. The number of hydrogen-bond donors (Lipinski definition) is 0. The van der Waals surface area contributed by atoms with Crippen LogP contribution in [-0.2, 0) is 0 Å². The Labute approximate surface area is 345 Å². The molecule has 0 N–H and O–H groups in total. The van der Waals surface area contributed by atoms with Crippen LogP contribution >= 0.6 is 0 Å². The number of fused-ring (bicyclic) bond motifs is 5. The Kier molecular flexibility index (Phi) is 8.39.